The maximum Gasteiger partial charge on any atom is 0.318 e. The van der Waals surface area contributed by atoms with Gasteiger partial charge in [0.1, 0.15) is 0 Å². The quantitative estimate of drug-likeness (QED) is 0.843. The van der Waals surface area contributed by atoms with E-state index < -0.39 is 0 Å². The Morgan fingerprint density at radius 3 is 2.96 bits per heavy atom. The van der Waals surface area contributed by atoms with Gasteiger partial charge in [-0.05, 0) is 38.8 Å². The Balaban J connectivity index is 1.65. The van der Waals surface area contributed by atoms with E-state index in [1.807, 2.05) is 32.0 Å². The summed E-state index contributed by atoms with van der Waals surface area (Å²) in [5.41, 5.74) is 3.79. The summed E-state index contributed by atoms with van der Waals surface area (Å²) in [6, 6.07) is 5.63. The first-order valence-corrected chi connectivity index (χ1v) is 8.68. The summed E-state index contributed by atoms with van der Waals surface area (Å²) in [5, 5.41) is 10.1. The standard InChI is InChI=1S/C18H25N5O2/c1-13-17(14(2)22-21-13)10-20-18(24)23(12-16-7-5-9-25-16)11-15-6-3-4-8-19-15/h3-4,6,8,16H,5,7,9-12H2,1-2H3,(H,20,24)(H,21,22)/t16-/m0/s1. The average molecular weight is 343 g/mol. The van der Waals surface area contributed by atoms with Crippen molar-refractivity contribution in [3.63, 3.8) is 0 Å². The molecule has 1 atom stereocenters. The van der Waals surface area contributed by atoms with Crippen molar-refractivity contribution in [3.8, 4) is 0 Å². The molecule has 0 aliphatic carbocycles. The number of nitrogens with one attached hydrogen (secondary N) is 2. The molecule has 0 radical (unpaired) electrons. The SMILES string of the molecule is Cc1n[nH]c(C)c1CNC(=O)N(Cc1ccccn1)C[C@@H]1CCCO1. The largest absolute Gasteiger partial charge is 0.376 e. The van der Waals surface area contributed by atoms with Crippen LogP contribution < -0.4 is 5.32 Å². The van der Waals surface area contributed by atoms with Crippen LogP contribution in [0.1, 0.15) is 35.5 Å². The molecule has 7 heteroatoms. The molecular weight excluding hydrogens is 318 g/mol. The third-order valence-electron chi connectivity index (χ3n) is 4.51. The number of carbonyl (C=O) groups is 1. The van der Waals surface area contributed by atoms with Gasteiger partial charge in [-0.15, -0.1) is 0 Å². The molecule has 134 valence electrons. The molecule has 1 fully saturated rings. The fourth-order valence-electron chi connectivity index (χ4n) is 3.05. The smallest absolute Gasteiger partial charge is 0.318 e. The topological polar surface area (TPSA) is 83.1 Å². The van der Waals surface area contributed by atoms with Gasteiger partial charge in [0.25, 0.3) is 0 Å². The van der Waals surface area contributed by atoms with Crippen LogP contribution in [0.2, 0.25) is 0 Å². The summed E-state index contributed by atoms with van der Waals surface area (Å²) in [7, 11) is 0. The number of hydrogen-bond acceptors (Lipinski definition) is 4. The van der Waals surface area contributed by atoms with Gasteiger partial charge in [-0.25, -0.2) is 4.79 Å². The second-order valence-electron chi connectivity index (χ2n) is 6.41. The number of urea groups is 1. The summed E-state index contributed by atoms with van der Waals surface area (Å²) in [4.78, 5) is 18.9. The molecule has 0 bridgehead atoms. The first-order chi connectivity index (χ1) is 12.1. The predicted molar refractivity (Wildman–Crippen MR) is 93.9 cm³/mol. The van der Waals surface area contributed by atoms with Gasteiger partial charge in [0.15, 0.2) is 0 Å². The number of H-pyrrole nitrogens is 1. The van der Waals surface area contributed by atoms with E-state index in [9.17, 15) is 4.79 Å². The van der Waals surface area contributed by atoms with Crippen molar-refractivity contribution < 1.29 is 9.53 Å². The normalized spacial score (nSPS) is 16.8. The Morgan fingerprint density at radius 1 is 1.44 bits per heavy atom. The van der Waals surface area contributed by atoms with Crippen LogP contribution in [0.5, 0.6) is 0 Å². The van der Waals surface area contributed by atoms with Crippen LogP contribution >= 0.6 is 0 Å². The van der Waals surface area contributed by atoms with Crippen LogP contribution in [-0.2, 0) is 17.8 Å². The molecule has 1 aliphatic heterocycles. The van der Waals surface area contributed by atoms with E-state index in [4.69, 9.17) is 4.74 Å². The highest BCUT2D eigenvalue weighted by Crippen LogP contribution is 2.15. The molecule has 3 rings (SSSR count). The zero-order valence-electron chi connectivity index (χ0n) is 14.8. The third kappa shape index (κ3) is 4.57. The second-order valence-corrected chi connectivity index (χ2v) is 6.41. The van der Waals surface area contributed by atoms with E-state index in [2.05, 4.69) is 20.5 Å². The minimum atomic E-state index is -0.110. The lowest BCUT2D eigenvalue weighted by Gasteiger charge is -2.25. The van der Waals surface area contributed by atoms with Crippen molar-refractivity contribution in [1.82, 2.24) is 25.4 Å². The summed E-state index contributed by atoms with van der Waals surface area (Å²) in [6.07, 6.45) is 3.89. The molecule has 0 unspecified atom stereocenters. The Labute approximate surface area is 147 Å². The number of pyridine rings is 1. The zero-order valence-corrected chi connectivity index (χ0v) is 14.8. The molecule has 3 heterocycles. The van der Waals surface area contributed by atoms with Crippen LogP contribution in [0.3, 0.4) is 0 Å². The Kier molecular flexibility index (Phi) is 5.65. The van der Waals surface area contributed by atoms with Gasteiger partial charge in [0.2, 0.25) is 0 Å². The van der Waals surface area contributed by atoms with Gasteiger partial charge in [-0.2, -0.15) is 5.10 Å². The number of rotatable bonds is 6. The molecule has 2 amide bonds. The van der Waals surface area contributed by atoms with E-state index in [1.54, 1.807) is 11.1 Å². The van der Waals surface area contributed by atoms with Gasteiger partial charge < -0.3 is 15.0 Å². The third-order valence-corrected chi connectivity index (χ3v) is 4.51. The van der Waals surface area contributed by atoms with Crippen molar-refractivity contribution in [1.29, 1.82) is 0 Å². The van der Waals surface area contributed by atoms with Crippen molar-refractivity contribution in [2.45, 2.75) is 45.9 Å². The number of aromatic nitrogens is 3. The number of amides is 2. The molecule has 25 heavy (non-hydrogen) atoms. The molecule has 0 aromatic carbocycles. The lowest BCUT2D eigenvalue weighted by molar-refractivity contribution is 0.0791. The van der Waals surface area contributed by atoms with Crippen LogP contribution in [0.15, 0.2) is 24.4 Å². The molecular formula is C18H25N5O2. The lowest BCUT2D eigenvalue weighted by atomic mass is 10.2. The lowest BCUT2D eigenvalue weighted by Crippen LogP contribution is -2.43. The van der Waals surface area contributed by atoms with Gasteiger partial charge >= 0.3 is 6.03 Å². The van der Waals surface area contributed by atoms with Crippen molar-refractivity contribution in [2.75, 3.05) is 13.2 Å². The minimum absolute atomic E-state index is 0.104. The predicted octanol–water partition coefficient (Wildman–Crippen LogP) is 2.31. The van der Waals surface area contributed by atoms with E-state index in [0.29, 0.717) is 19.6 Å². The fraction of sp³-hybridized carbons (Fsp3) is 0.500. The monoisotopic (exact) mass is 343 g/mol. The molecule has 2 aromatic heterocycles. The van der Waals surface area contributed by atoms with Crippen LogP contribution in [0, 0.1) is 13.8 Å². The Hall–Kier alpha value is -2.41. The summed E-state index contributed by atoms with van der Waals surface area (Å²) >= 11 is 0. The van der Waals surface area contributed by atoms with E-state index >= 15 is 0 Å². The number of aromatic amines is 1. The summed E-state index contributed by atoms with van der Waals surface area (Å²) in [5.74, 6) is 0. The molecule has 1 aliphatic rings. The summed E-state index contributed by atoms with van der Waals surface area (Å²) < 4.78 is 5.70. The molecule has 0 saturated carbocycles. The molecule has 0 spiro atoms. The van der Waals surface area contributed by atoms with Crippen molar-refractivity contribution in [3.05, 3.63) is 47.0 Å². The number of carbonyl (C=O) groups excluding carboxylic acids is 1. The van der Waals surface area contributed by atoms with Crippen LogP contribution in [-0.4, -0.2) is 45.4 Å². The highest BCUT2D eigenvalue weighted by Gasteiger charge is 2.23. The molecule has 2 aromatic rings. The van der Waals surface area contributed by atoms with Crippen molar-refractivity contribution >= 4 is 6.03 Å². The molecule has 7 nitrogen and oxygen atoms in total. The highest BCUT2D eigenvalue weighted by atomic mass is 16.5. The summed E-state index contributed by atoms with van der Waals surface area (Å²) in [6.45, 7) is 6.17. The minimum Gasteiger partial charge on any atom is -0.376 e. The number of hydrogen-bond donors (Lipinski definition) is 2. The maximum absolute atomic E-state index is 12.8. The van der Waals surface area contributed by atoms with E-state index in [1.165, 1.54) is 0 Å². The number of aryl methyl sites for hydroxylation is 2. The second kappa shape index (κ2) is 8.11. The van der Waals surface area contributed by atoms with Gasteiger partial charge in [-0.1, -0.05) is 6.07 Å². The first-order valence-electron chi connectivity index (χ1n) is 8.68. The average Bonchev–Trinajstić information content (AvgIpc) is 3.24. The highest BCUT2D eigenvalue weighted by molar-refractivity contribution is 5.74. The van der Waals surface area contributed by atoms with Crippen LogP contribution in [0.25, 0.3) is 0 Å². The van der Waals surface area contributed by atoms with Gasteiger partial charge in [0.05, 0.1) is 24.0 Å². The maximum atomic E-state index is 12.8. The fourth-order valence-corrected chi connectivity index (χ4v) is 3.05. The first kappa shape index (κ1) is 17.4. The molecule has 2 N–H and O–H groups in total. The Morgan fingerprint density at radius 2 is 2.32 bits per heavy atom. The van der Waals surface area contributed by atoms with Crippen molar-refractivity contribution in [2.24, 2.45) is 0 Å². The zero-order chi connectivity index (χ0) is 17.6. The van der Waals surface area contributed by atoms with E-state index in [0.717, 1.165) is 42.1 Å². The van der Waals surface area contributed by atoms with Gasteiger partial charge in [-0.3, -0.25) is 10.1 Å². The number of ether oxygens (including phenoxy) is 1. The molecule has 1 saturated heterocycles. The number of nitrogens with zero attached hydrogens (tertiary/aromatic N) is 3. The van der Waals surface area contributed by atoms with E-state index in [-0.39, 0.29) is 12.1 Å². The van der Waals surface area contributed by atoms with Crippen LogP contribution in [0.4, 0.5) is 4.79 Å². The Bertz CT molecular complexity index is 675. The van der Waals surface area contributed by atoms with Gasteiger partial charge in [0, 0.05) is 37.2 Å².